The van der Waals surface area contributed by atoms with Crippen LogP contribution in [0.3, 0.4) is 0 Å². The Kier molecular flexibility index (Phi) is 6.21. The first-order chi connectivity index (χ1) is 9.80. The van der Waals surface area contributed by atoms with Crippen LogP contribution in [0.25, 0.3) is 0 Å². The van der Waals surface area contributed by atoms with Gasteiger partial charge in [0, 0.05) is 6.42 Å². The van der Waals surface area contributed by atoms with Gasteiger partial charge in [-0.15, -0.1) is 0 Å². The summed E-state index contributed by atoms with van der Waals surface area (Å²) < 4.78 is 5.48. The van der Waals surface area contributed by atoms with Crippen LogP contribution in [0, 0.1) is 5.41 Å². The average Bonchev–Trinajstić information content (AvgIpc) is 2.40. The van der Waals surface area contributed by atoms with Gasteiger partial charge in [-0.25, -0.2) is 4.79 Å². The molecule has 0 bridgehead atoms. The lowest BCUT2D eigenvalue weighted by atomic mass is 9.86. The molecule has 5 heteroatoms. The van der Waals surface area contributed by atoms with Crippen LogP contribution in [0.15, 0.2) is 30.3 Å². The molecule has 21 heavy (non-hydrogen) atoms. The van der Waals surface area contributed by atoms with Gasteiger partial charge in [0.15, 0.2) is 0 Å². The number of carboxylic acid groups (broad SMARTS) is 1. The third kappa shape index (κ3) is 6.29. The van der Waals surface area contributed by atoms with Crippen molar-refractivity contribution in [2.24, 2.45) is 5.41 Å². The van der Waals surface area contributed by atoms with Gasteiger partial charge in [0.2, 0.25) is 5.91 Å². The van der Waals surface area contributed by atoms with Gasteiger partial charge in [0.25, 0.3) is 0 Å². The summed E-state index contributed by atoms with van der Waals surface area (Å²) in [7, 11) is 0. The van der Waals surface area contributed by atoms with Gasteiger partial charge < -0.3 is 15.2 Å². The first kappa shape index (κ1) is 17.0. The lowest BCUT2D eigenvalue weighted by molar-refractivity contribution is -0.145. The zero-order valence-corrected chi connectivity index (χ0v) is 12.8. The normalized spacial score (nSPS) is 12.5. The highest BCUT2D eigenvalue weighted by atomic mass is 16.5. The second-order valence-electron chi connectivity index (χ2n) is 5.97. The first-order valence-corrected chi connectivity index (χ1v) is 7.00. The van der Waals surface area contributed by atoms with E-state index in [2.05, 4.69) is 5.32 Å². The van der Waals surface area contributed by atoms with Crippen molar-refractivity contribution in [3.63, 3.8) is 0 Å². The maximum Gasteiger partial charge on any atom is 0.326 e. The lowest BCUT2D eigenvalue weighted by Gasteiger charge is -2.27. The zero-order chi connectivity index (χ0) is 15.9. The summed E-state index contributed by atoms with van der Waals surface area (Å²) in [5.41, 5.74) is -0.526. The van der Waals surface area contributed by atoms with Crippen LogP contribution < -0.4 is 10.1 Å². The maximum atomic E-state index is 11.8. The minimum absolute atomic E-state index is 0.243. The molecule has 0 aliphatic rings. The highest BCUT2D eigenvalue weighted by Gasteiger charge is 2.32. The van der Waals surface area contributed by atoms with E-state index in [9.17, 15) is 9.59 Å². The molecule has 0 aromatic heterocycles. The van der Waals surface area contributed by atoms with Gasteiger partial charge in [-0.05, 0) is 24.0 Å². The number of benzene rings is 1. The molecule has 0 heterocycles. The molecule has 1 atom stereocenters. The van der Waals surface area contributed by atoms with Crippen molar-refractivity contribution >= 4 is 11.9 Å². The van der Waals surface area contributed by atoms with Crippen molar-refractivity contribution in [1.82, 2.24) is 5.32 Å². The van der Waals surface area contributed by atoms with E-state index >= 15 is 0 Å². The van der Waals surface area contributed by atoms with Gasteiger partial charge in [-0.3, -0.25) is 4.79 Å². The van der Waals surface area contributed by atoms with Crippen molar-refractivity contribution < 1.29 is 19.4 Å². The Morgan fingerprint density at radius 1 is 1.24 bits per heavy atom. The van der Waals surface area contributed by atoms with E-state index in [4.69, 9.17) is 9.84 Å². The number of amides is 1. The summed E-state index contributed by atoms with van der Waals surface area (Å²) in [4.78, 5) is 22.9. The predicted molar refractivity (Wildman–Crippen MR) is 80.2 cm³/mol. The van der Waals surface area contributed by atoms with Gasteiger partial charge >= 0.3 is 5.97 Å². The summed E-state index contributed by atoms with van der Waals surface area (Å²) >= 11 is 0. The average molecular weight is 293 g/mol. The van der Waals surface area contributed by atoms with Crippen molar-refractivity contribution in [2.75, 3.05) is 6.61 Å². The van der Waals surface area contributed by atoms with E-state index in [0.29, 0.717) is 13.0 Å². The summed E-state index contributed by atoms with van der Waals surface area (Å²) in [6.07, 6.45) is 0.782. The molecular formula is C16H23NO4. The standard InChI is InChI=1S/C16H23NO4/c1-16(2,3)14(15(19)20)17-13(18)10-7-11-21-12-8-5-4-6-9-12/h4-6,8-9,14H,7,10-11H2,1-3H3,(H,17,18)(H,19,20). The summed E-state index contributed by atoms with van der Waals surface area (Å²) in [5.74, 6) is -0.526. The van der Waals surface area contributed by atoms with E-state index in [1.54, 1.807) is 20.8 Å². The van der Waals surface area contributed by atoms with E-state index in [1.165, 1.54) is 0 Å². The van der Waals surface area contributed by atoms with Crippen LogP contribution in [0.2, 0.25) is 0 Å². The maximum absolute atomic E-state index is 11.8. The highest BCUT2D eigenvalue weighted by Crippen LogP contribution is 2.19. The molecule has 1 aromatic carbocycles. The van der Waals surface area contributed by atoms with Gasteiger partial charge in [0.05, 0.1) is 6.61 Å². The van der Waals surface area contributed by atoms with E-state index < -0.39 is 17.4 Å². The minimum Gasteiger partial charge on any atom is -0.494 e. The van der Waals surface area contributed by atoms with Gasteiger partial charge in [-0.1, -0.05) is 39.0 Å². The summed E-state index contributed by atoms with van der Waals surface area (Å²) in [5, 5.41) is 11.7. The third-order valence-electron chi connectivity index (χ3n) is 2.98. The molecule has 1 amide bonds. The molecule has 2 N–H and O–H groups in total. The van der Waals surface area contributed by atoms with Crippen molar-refractivity contribution in [3.05, 3.63) is 30.3 Å². The first-order valence-electron chi connectivity index (χ1n) is 7.00. The molecule has 0 fully saturated rings. The number of ether oxygens (including phenoxy) is 1. The number of carbonyl (C=O) groups is 2. The Labute approximate surface area is 125 Å². The fourth-order valence-electron chi connectivity index (χ4n) is 1.82. The minimum atomic E-state index is -1.02. The smallest absolute Gasteiger partial charge is 0.326 e. The number of aliphatic carboxylic acids is 1. The number of rotatable bonds is 7. The van der Waals surface area contributed by atoms with Crippen LogP contribution in [0.5, 0.6) is 5.75 Å². The molecule has 0 spiro atoms. The molecule has 0 saturated carbocycles. The van der Waals surface area contributed by atoms with E-state index in [0.717, 1.165) is 5.75 Å². The fraction of sp³-hybridized carbons (Fsp3) is 0.500. The predicted octanol–water partition coefficient (Wildman–Crippen LogP) is 2.46. The van der Waals surface area contributed by atoms with Gasteiger partial charge in [0.1, 0.15) is 11.8 Å². The van der Waals surface area contributed by atoms with Crippen LogP contribution >= 0.6 is 0 Å². The van der Waals surface area contributed by atoms with Crippen molar-refractivity contribution in [1.29, 1.82) is 0 Å². The Morgan fingerprint density at radius 3 is 2.38 bits per heavy atom. The van der Waals surface area contributed by atoms with Crippen LogP contribution in [-0.4, -0.2) is 29.6 Å². The van der Waals surface area contributed by atoms with Crippen LogP contribution in [0.1, 0.15) is 33.6 Å². The monoisotopic (exact) mass is 293 g/mol. The molecular weight excluding hydrogens is 270 g/mol. The van der Waals surface area contributed by atoms with E-state index in [-0.39, 0.29) is 12.3 Å². The van der Waals surface area contributed by atoms with Crippen LogP contribution in [0.4, 0.5) is 0 Å². The molecule has 116 valence electrons. The van der Waals surface area contributed by atoms with Gasteiger partial charge in [-0.2, -0.15) is 0 Å². The zero-order valence-electron chi connectivity index (χ0n) is 12.8. The lowest BCUT2D eigenvalue weighted by Crippen LogP contribution is -2.49. The Balaban J connectivity index is 2.32. The summed E-state index contributed by atoms with van der Waals surface area (Å²) in [6, 6.07) is 8.46. The second-order valence-corrected chi connectivity index (χ2v) is 5.97. The summed E-state index contributed by atoms with van der Waals surface area (Å²) in [6.45, 7) is 5.77. The van der Waals surface area contributed by atoms with E-state index in [1.807, 2.05) is 30.3 Å². The number of para-hydroxylation sites is 1. The number of nitrogens with one attached hydrogen (secondary N) is 1. The quantitative estimate of drug-likeness (QED) is 0.757. The molecule has 0 aliphatic carbocycles. The molecule has 0 saturated heterocycles. The Morgan fingerprint density at radius 2 is 1.86 bits per heavy atom. The van der Waals surface area contributed by atoms with Crippen molar-refractivity contribution in [2.45, 2.75) is 39.7 Å². The topological polar surface area (TPSA) is 75.6 Å². The molecule has 1 unspecified atom stereocenters. The number of hydrogen-bond donors (Lipinski definition) is 2. The fourth-order valence-corrected chi connectivity index (χ4v) is 1.82. The number of carbonyl (C=O) groups excluding carboxylic acids is 1. The number of hydrogen-bond acceptors (Lipinski definition) is 3. The Hall–Kier alpha value is -2.04. The van der Waals surface area contributed by atoms with Crippen LogP contribution in [-0.2, 0) is 9.59 Å². The molecule has 1 aromatic rings. The molecule has 0 aliphatic heterocycles. The third-order valence-corrected chi connectivity index (χ3v) is 2.98. The Bertz CT molecular complexity index is 465. The number of carboxylic acids is 1. The SMILES string of the molecule is CC(C)(C)C(NC(=O)CCCOc1ccccc1)C(=O)O. The second kappa shape index (κ2) is 7.67. The molecule has 5 nitrogen and oxygen atoms in total. The highest BCUT2D eigenvalue weighted by molar-refractivity contribution is 5.84. The molecule has 0 radical (unpaired) electrons. The molecule has 1 rings (SSSR count). The van der Waals surface area contributed by atoms with Crippen molar-refractivity contribution in [3.8, 4) is 5.75 Å². The largest absolute Gasteiger partial charge is 0.494 e.